The number of allylic oxidation sites excluding steroid dienone is 3. The number of benzene rings is 2. The van der Waals surface area contributed by atoms with Gasteiger partial charge in [-0.25, -0.2) is 0 Å². The minimum absolute atomic E-state index is 0.0381. The number of fused-ring (bicyclic) bond motifs is 1. The van der Waals surface area contributed by atoms with Crippen molar-refractivity contribution < 1.29 is 34.7 Å². The maximum Gasteiger partial charge on any atom is 0.174 e. The monoisotopic (exact) mass is 482 g/mol. The molecule has 35 heavy (non-hydrogen) atoms. The molecule has 0 aliphatic carbocycles. The topological polar surface area (TPSA) is 116 Å². The first kappa shape index (κ1) is 26.2. The number of carbonyl (C=O) groups excluding carboxylic acids is 1. The minimum Gasteiger partial charge on any atom is -0.508 e. The van der Waals surface area contributed by atoms with Crippen LogP contribution in [-0.4, -0.2) is 38.9 Å². The third kappa shape index (κ3) is 6.36. The van der Waals surface area contributed by atoms with Gasteiger partial charge in [-0.15, -0.1) is 0 Å². The normalized spacial score (nSPS) is 16.6. The quantitative estimate of drug-likeness (QED) is 0.356. The molecule has 2 aromatic carbocycles. The van der Waals surface area contributed by atoms with Gasteiger partial charge in [0, 0.05) is 23.3 Å². The highest BCUT2D eigenvalue weighted by Crippen LogP contribution is 2.48. The van der Waals surface area contributed by atoms with Crippen LogP contribution < -0.4 is 9.47 Å². The van der Waals surface area contributed by atoms with Crippen molar-refractivity contribution in [2.45, 2.75) is 58.2 Å². The zero-order valence-corrected chi connectivity index (χ0v) is 20.7. The Labute approximate surface area is 206 Å². The number of aromatic hydroxyl groups is 3. The van der Waals surface area contributed by atoms with E-state index >= 15 is 0 Å². The van der Waals surface area contributed by atoms with Crippen molar-refractivity contribution in [2.24, 2.45) is 5.92 Å². The number of aliphatic hydroxyl groups is 1. The van der Waals surface area contributed by atoms with Crippen LogP contribution >= 0.6 is 0 Å². The Morgan fingerprint density at radius 2 is 1.97 bits per heavy atom. The van der Waals surface area contributed by atoms with Gasteiger partial charge in [0.1, 0.15) is 40.4 Å². The molecule has 188 valence electrons. The fourth-order valence-corrected chi connectivity index (χ4v) is 4.21. The van der Waals surface area contributed by atoms with E-state index in [1.54, 1.807) is 13.8 Å². The second kappa shape index (κ2) is 10.4. The summed E-state index contributed by atoms with van der Waals surface area (Å²) in [5.41, 5.74) is 1.07. The average Bonchev–Trinajstić information content (AvgIpc) is 2.75. The van der Waals surface area contributed by atoms with Gasteiger partial charge in [-0.1, -0.05) is 24.3 Å². The minimum atomic E-state index is -0.856. The predicted molar refractivity (Wildman–Crippen MR) is 133 cm³/mol. The van der Waals surface area contributed by atoms with Crippen molar-refractivity contribution in [2.75, 3.05) is 7.11 Å². The Morgan fingerprint density at radius 3 is 2.57 bits per heavy atom. The zero-order valence-electron chi connectivity index (χ0n) is 20.7. The summed E-state index contributed by atoms with van der Waals surface area (Å²) in [4.78, 5) is 13.2. The molecule has 0 bridgehead atoms. The summed E-state index contributed by atoms with van der Waals surface area (Å²) in [6.45, 7) is 9.28. The number of phenols is 3. The van der Waals surface area contributed by atoms with Gasteiger partial charge in [0.25, 0.3) is 0 Å². The standard InChI is InChI=1S/C28H34O7/c1-16(2)6-7-17(10-11-28(3,4)33)12-20-22(31)14-25(34-5)26-23(32)15-24(35-27(20)26)19-9-8-18(29)13-21(19)30/h6-9,13-14,17,24,29-31,33H,1,10-12,15H2,2-5H3. The molecule has 1 heterocycles. The second-order valence-corrected chi connectivity index (χ2v) is 9.78. The lowest BCUT2D eigenvalue weighted by Crippen LogP contribution is -2.23. The van der Waals surface area contributed by atoms with Gasteiger partial charge in [0.2, 0.25) is 0 Å². The van der Waals surface area contributed by atoms with Crippen LogP contribution in [0.5, 0.6) is 28.7 Å². The number of phenolic OH excluding ortho intramolecular Hbond substituents is 3. The van der Waals surface area contributed by atoms with Crippen molar-refractivity contribution in [3.63, 3.8) is 0 Å². The summed E-state index contributed by atoms with van der Waals surface area (Å²) in [6.07, 6.45) is 4.54. The van der Waals surface area contributed by atoms with Gasteiger partial charge in [-0.3, -0.25) is 4.79 Å². The molecule has 1 aliphatic heterocycles. The largest absolute Gasteiger partial charge is 0.508 e. The summed E-state index contributed by atoms with van der Waals surface area (Å²) >= 11 is 0. The first-order valence-electron chi connectivity index (χ1n) is 11.6. The van der Waals surface area contributed by atoms with Crippen LogP contribution in [0, 0.1) is 5.92 Å². The lowest BCUT2D eigenvalue weighted by Gasteiger charge is -2.30. The Bertz CT molecular complexity index is 1140. The molecule has 3 rings (SSSR count). The van der Waals surface area contributed by atoms with Crippen LogP contribution in [0.1, 0.15) is 67.6 Å². The SMILES string of the molecule is C=C(C)C=CC(CCC(C)(C)O)Cc1c(O)cc(OC)c2c1OC(c1ccc(O)cc1O)CC2=O. The van der Waals surface area contributed by atoms with E-state index in [-0.39, 0.29) is 52.4 Å². The number of Topliss-reactive ketones (excluding diaryl/α,β-unsaturated/α-hetero) is 1. The van der Waals surface area contributed by atoms with Gasteiger partial charge in [-0.2, -0.15) is 0 Å². The Hall–Kier alpha value is -3.45. The summed E-state index contributed by atoms with van der Waals surface area (Å²) in [5, 5.41) is 41.2. The fraction of sp³-hybridized carbons (Fsp3) is 0.393. The number of carbonyl (C=O) groups is 1. The van der Waals surface area contributed by atoms with Gasteiger partial charge >= 0.3 is 0 Å². The smallest absolute Gasteiger partial charge is 0.174 e. The third-order valence-electron chi connectivity index (χ3n) is 6.06. The Balaban J connectivity index is 2.06. The molecule has 0 radical (unpaired) electrons. The highest BCUT2D eigenvalue weighted by Gasteiger charge is 2.35. The first-order valence-corrected chi connectivity index (χ1v) is 11.6. The highest BCUT2D eigenvalue weighted by molar-refractivity contribution is 6.03. The summed E-state index contributed by atoms with van der Waals surface area (Å²) in [5.74, 6) is -0.256. The van der Waals surface area contributed by atoms with E-state index in [1.807, 2.05) is 19.1 Å². The van der Waals surface area contributed by atoms with Crippen LogP contribution in [-0.2, 0) is 6.42 Å². The van der Waals surface area contributed by atoms with Crippen molar-refractivity contribution in [1.29, 1.82) is 0 Å². The van der Waals surface area contributed by atoms with E-state index in [2.05, 4.69) is 6.58 Å². The van der Waals surface area contributed by atoms with Crippen LogP contribution in [0.4, 0.5) is 0 Å². The number of ketones is 1. The van der Waals surface area contributed by atoms with Gasteiger partial charge in [0.15, 0.2) is 5.78 Å². The van der Waals surface area contributed by atoms with Gasteiger partial charge < -0.3 is 29.9 Å². The fourth-order valence-electron chi connectivity index (χ4n) is 4.21. The van der Waals surface area contributed by atoms with E-state index in [1.165, 1.54) is 31.4 Å². The van der Waals surface area contributed by atoms with Crippen molar-refractivity contribution in [3.8, 4) is 28.7 Å². The molecule has 0 saturated heterocycles. The van der Waals surface area contributed by atoms with E-state index in [0.29, 0.717) is 30.4 Å². The molecule has 2 unspecified atom stereocenters. The highest BCUT2D eigenvalue weighted by atomic mass is 16.5. The lowest BCUT2D eigenvalue weighted by molar-refractivity contribution is 0.0654. The maximum atomic E-state index is 13.2. The molecular formula is C28H34O7. The Morgan fingerprint density at radius 1 is 1.26 bits per heavy atom. The Kier molecular flexibility index (Phi) is 7.80. The van der Waals surface area contributed by atoms with Crippen molar-refractivity contribution in [1.82, 2.24) is 0 Å². The van der Waals surface area contributed by atoms with Crippen LogP contribution in [0.15, 0.2) is 48.6 Å². The van der Waals surface area contributed by atoms with Crippen molar-refractivity contribution in [3.05, 3.63) is 65.3 Å². The molecule has 0 amide bonds. The molecule has 7 nitrogen and oxygen atoms in total. The van der Waals surface area contributed by atoms with Gasteiger partial charge in [0.05, 0.1) is 19.1 Å². The molecule has 1 aliphatic rings. The number of methoxy groups -OCH3 is 1. The number of hydrogen-bond acceptors (Lipinski definition) is 7. The van der Waals surface area contributed by atoms with Crippen LogP contribution in [0.2, 0.25) is 0 Å². The molecule has 0 saturated carbocycles. The van der Waals surface area contributed by atoms with Gasteiger partial charge in [-0.05, 0) is 58.1 Å². The lowest BCUT2D eigenvalue weighted by atomic mass is 9.86. The molecule has 0 aromatic heterocycles. The molecule has 2 aromatic rings. The predicted octanol–water partition coefficient (Wildman–Crippen LogP) is 5.36. The molecule has 4 N–H and O–H groups in total. The molecular weight excluding hydrogens is 448 g/mol. The van der Waals surface area contributed by atoms with E-state index in [9.17, 15) is 25.2 Å². The zero-order chi connectivity index (χ0) is 25.9. The average molecular weight is 483 g/mol. The summed E-state index contributed by atoms with van der Waals surface area (Å²) < 4.78 is 11.6. The molecule has 0 fully saturated rings. The second-order valence-electron chi connectivity index (χ2n) is 9.78. The van der Waals surface area contributed by atoms with E-state index in [0.717, 1.165) is 5.57 Å². The molecule has 0 spiro atoms. The number of rotatable bonds is 9. The first-order chi connectivity index (χ1) is 16.4. The van der Waals surface area contributed by atoms with E-state index in [4.69, 9.17) is 9.47 Å². The molecule has 2 atom stereocenters. The number of hydrogen-bond donors (Lipinski definition) is 4. The van der Waals surface area contributed by atoms with Crippen LogP contribution in [0.25, 0.3) is 0 Å². The third-order valence-corrected chi connectivity index (χ3v) is 6.06. The molecule has 7 heteroatoms. The summed E-state index contributed by atoms with van der Waals surface area (Å²) in [7, 11) is 1.42. The van der Waals surface area contributed by atoms with Crippen molar-refractivity contribution >= 4 is 5.78 Å². The number of ether oxygens (including phenoxy) is 2. The van der Waals surface area contributed by atoms with E-state index < -0.39 is 11.7 Å². The summed E-state index contributed by atoms with van der Waals surface area (Å²) in [6, 6.07) is 5.54. The van der Waals surface area contributed by atoms with Crippen LogP contribution in [0.3, 0.4) is 0 Å². The maximum absolute atomic E-state index is 13.2.